The lowest BCUT2D eigenvalue weighted by Crippen LogP contribution is -2.44. The van der Waals surface area contributed by atoms with E-state index in [0.717, 1.165) is 37.4 Å². The highest BCUT2D eigenvalue weighted by molar-refractivity contribution is 5.75. The van der Waals surface area contributed by atoms with Gasteiger partial charge < -0.3 is 19.9 Å². The predicted octanol–water partition coefficient (Wildman–Crippen LogP) is 3.38. The average Bonchev–Trinajstić information content (AvgIpc) is 2.99. The van der Waals surface area contributed by atoms with Gasteiger partial charge >= 0.3 is 6.03 Å². The molecule has 1 fully saturated rings. The molecule has 0 unspecified atom stereocenters. The Balaban J connectivity index is 2.12. The number of para-hydroxylation sites is 1. The number of methoxy groups -OCH3 is 1. The standard InChI is InChI=1S/C20H33N3O2/c1-20(2,3)18(16-9-7-8-10-17(16)25-6)21-19(24)23-12-11-15(14-23)13-22(4)5/h7-10,15,18H,11-14H2,1-6H3,(H,21,24)/t15-,18-/m1/s1. The van der Waals surface area contributed by atoms with Gasteiger partial charge in [0.2, 0.25) is 0 Å². The molecule has 0 radical (unpaired) electrons. The van der Waals surface area contributed by atoms with Gasteiger partial charge in [-0.25, -0.2) is 4.79 Å². The maximum atomic E-state index is 12.9. The number of ether oxygens (including phenoxy) is 1. The molecule has 140 valence electrons. The minimum atomic E-state index is -0.118. The van der Waals surface area contributed by atoms with Gasteiger partial charge in [-0.05, 0) is 37.9 Å². The number of urea groups is 1. The number of benzene rings is 1. The number of rotatable bonds is 5. The van der Waals surface area contributed by atoms with Crippen LogP contribution in [0.1, 0.15) is 38.8 Å². The smallest absolute Gasteiger partial charge is 0.317 e. The summed E-state index contributed by atoms with van der Waals surface area (Å²) in [6, 6.07) is 7.84. The van der Waals surface area contributed by atoms with E-state index in [9.17, 15) is 4.79 Å². The van der Waals surface area contributed by atoms with Crippen molar-refractivity contribution in [3.8, 4) is 5.75 Å². The first-order valence-corrected chi connectivity index (χ1v) is 9.05. The lowest BCUT2D eigenvalue weighted by molar-refractivity contribution is 0.185. The second-order valence-electron chi connectivity index (χ2n) is 8.35. The quantitative estimate of drug-likeness (QED) is 0.888. The molecule has 2 rings (SSSR count). The van der Waals surface area contributed by atoms with Gasteiger partial charge in [0.15, 0.2) is 0 Å². The molecule has 1 N–H and O–H groups in total. The number of nitrogens with one attached hydrogen (secondary N) is 1. The predicted molar refractivity (Wildman–Crippen MR) is 102 cm³/mol. The topological polar surface area (TPSA) is 44.8 Å². The summed E-state index contributed by atoms with van der Waals surface area (Å²) in [6.45, 7) is 9.11. The Bertz CT molecular complexity index is 581. The Kier molecular flexibility index (Phi) is 6.33. The molecule has 0 bridgehead atoms. The highest BCUT2D eigenvalue weighted by Crippen LogP contribution is 2.37. The van der Waals surface area contributed by atoms with Crippen LogP contribution in [0.2, 0.25) is 0 Å². The van der Waals surface area contributed by atoms with Crippen molar-refractivity contribution in [2.75, 3.05) is 40.8 Å². The summed E-state index contributed by atoms with van der Waals surface area (Å²) < 4.78 is 5.52. The zero-order chi connectivity index (χ0) is 18.6. The fourth-order valence-corrected chi connectivity index (χ4v) is 3.56. The average molecular weight is 348 g/mol. The molecule has 1 aromatic carbocycles. The third kappa shape index (κ3) is 5.11. The highest BCUT2D eigenvalue weighted by Gasteiger charge is 2.33. The zero-order valence-corrected chi connectivity index (χ0v) is 16.5. The first kappa shape index (κ1) is 19.6. The fraction of sp³-hybridized carbons (Fsp3) is 0.650. The number of carbonyl (C=O) groups is 1. The Morgan fingerprint density at radius 2 is 2.04 bits per heavy atom. The van der Waals surface area contributed by atoms with E-state index in [0.29, 0.717) is 5.92 Å². The van der Waals surface area contributed by atoms with Crippen LogP contribution >= 0.6 is 0 Å². The third-order valence-corrected chi connectivity index (χ3v) is 4.78. The Morgan fingerprint density at radius 3 is 2.64 bits per heavy atom. The Hall–Kier alpha value is -1.75. The molecule has 1 heterocycles. The summed E-state index contributed by atoms with van der Waals surface area (Å²) in [7, 11) is 5.84. The normalized spacial score (nSPS) is 19.2. The molecule has 0 spiro atoms. The SMILES string of the molecule is COc1ccccc1[C@@H](NC(=O)N1CC[C@H](CN(C)C)C1)C(C)(C)C. The van der Waals surface area contributed by atoms with E-state index in [4.69, 9.17) is 4.74 Å². The fourth-order valence-electron chi connectivity index (χ4n) is 3.56. The largest absolute Gasteiger partial charge is 0.496 e. The highest BCUT2D eigenvalue weighted by atomic mass is 16.5. The first-order valence-electron chi connectivity index (χ1n) is 9.05. The molecule has 1 saturated heterocycles. The molecule has 0 aliphatic carbocycles. The maximum absolute atomic E-state index is 12.9. The van der Waals surface area contributed by atoms with Gasteiger partial charge in [-0.15, -0.1) is 0 Å². The van der Waals surface area contributed by atoms with Gasteiger partial charge in [0, 0.05) is 25.2 Å². The van der Waals surface area contributed by atoms with Crippen LogP contribution in [0.4, 0.5) is 4.79 Å². The molecular formula is C20H33N3O2. The van der Waals surface area contributed by atoms with Gasteiger partial charge in [0.25, 0.3) is 0 Å². The minimum Gasteiger partial charge on any atom is -0.496 e. The summed E-state index contributed by atoms with van der Waals surface area (Å²) in [6.07, 6.45) is 1.07. The monoisotopic (exact) mass is 347 g/mol. The van der Waals surface area contributed by atoms with Crippen LogP contribution in [0.3, 0.4) is 0 Å². The Labute approximate surface area is 152 Å². The van der Waals surface area contributed by atoms with Crippen molar-refractivity contribution in [2.45, 2.75) is 33.2 Å². The van der Waals surface area contributed by atoms with Crippen LogP contribution in [0.25, 0.3) is 0 Å². The van der Waals surface area contributed by atoms with Crippen LogP contribution in [0, 0.1) is 11.3 Å². The second kappa shape index (κ2) is 8.09. The van der Waals surface area contributed by atoms with E-state index in [1.165, 1.54) is 0 Å². The number of hydrogen-bond acceptors (Lipinski definition) is 3. The van der Waals surface area contributed by atoms with Crippen molar-refractivity contribution in [1.82, 2.24) is 15.1 Å². The molecule has 5 nitrogen and oxygen atoms in total. The van der Waals surface area contributed by atoms with Crippen LogP contribution in [-0.4, -0.2) is 56.7 Å². The van der Waals surface area contributed by atoms with Gasteiger partial charge in [-0.2, -0.15) is 0 Å². The van der Waals surface area contributed by atoms with E-state index in [2.05, 4.69) is 45.1 Å². The summed E-state index contributed by atoms with van der Waals surface area (Å²) in [5.74, 6) is 1.37. The van der Waals surface area contributed by atoms with E-state index >= 15 is 0 Å². The van der Waals surface area contributed by atoms with E-state index < -0.39 is 0 Å². The zero-order valence-electron chi connectivity index (χ0n) is 16.5. The molecule has 2 atom stereocenters. The molecule has 2 amide bonds. The summed E-state index contributed by atoms with van der Waals surface area (Å²) in [4.78, 5) is 17.0. The van der Waals surface area contributed by atoms with Crippen molar-refractivity contribution < 1.29 is 9.53 Å². The van der Waals surface area contributed by atoms with E-state index in [1.54, 1.807) is 7.11 Å². The summed E-state index contributed by atoms with van der Waals surface area (Å²) >= 11 is 0. The third-order valence-electron chi connectivity index (χ3n) is 4.78. The minimum absolute atomic E-state index is 0.0205. The van der Waals surface area contributed by atoms with Crippen molar-refractivity contribution in [1.29, 1.82) is 0 Å². The van der Waals surface area contributed by atoms with Gasteiger partial charge in [-0.3, -0.25) is 0 Å². The molecule has 5 heteroatoms. The molecule has 1 aromatic rings. The summed E-state index contributed by atoms with van der Waals surface area (Å²) in [5.41, 5.74) is 0.905. The molecule has 0 aromatic heterocycles. The molecule has 1 aliphatic rings. The van der Waals surface area contributed by atoms with Crippen LogP contribution in [0.5, 0.6) is 5.75 Å². The van der Waals surface area contributed by atoms with Gasteiger partial charge in [0.05, 0.1) is 13.2 Å². The summed E-state index contributed by atoms with van der Waals surface area (Å²) in [5, 5.41) is 3.26. The van der Waals surface area contributed by atoms with Crippen molar-refractivity contribution in [3.63, 3.8) is 0 Å². The number of amides is 2. The van der Waals surface area contributed by atoms with Crippen LogP contribution in [-0.2, 0) is 0 Å². The van der Waals surface area contributed by atoms with Gasteiger partial charge in [-0.1, -0.05) is 39.0 Å². The number of carbonyl (C=O) groups excluding carboxylic acids is 1. The van der Waals surface area contributed by atoms with Crippen molar-refractivity contribution >= 4 is 6.03 Å². The number of nitrogens with zero attached hydrogens (tertiary/aromatic N) is 2. The van der Waals surface area contributed by atoms with Crippen molar-refractivity contribution in [3.05, 3.63) is 29.8 Å². The van der Waals surface area contributed by atoms with Crippen molar-refractivity contribution in [2.24, 2.45) is 11.3 Å². The van der Waals surface area contributed by atoms with Gasteiger partial charge in [0.1, 0.15) is 5.75 Å². The second-order valence-corrected chi connectivity index (χ2v) is 8.35. The van der Waals surface area contributed by atoms with E-state index in [1.807, 2.05) is 29.2 Å². The Morgan fingerprint density at radius 1 is 1.36 bits per heavy atom. The maximum Gasteiger partial charge on any atom is 0.317 e. The molecule has 25 heavy (non-hydrogen) atoms. The lowest BCUT2D eigenvalue weighted by atomic mass is 9.82. The van der Waals surface area contributed by atoms with E-state index in [-0.39, 0.29) is 17.5 Å². The van der Waals surface area contributed by atoms with Crippen LogP contribution in [0.15, 0.2) is 24.3 Å². The van der Waals surface area contributed by atoms with Crippen LogP contribution < -0.4 is 10.1 Å². The molecular weight excluding hydrogens is 314 g/mol. The number of likely N-dealkylation sites (tertiary alicyclic amines) is 1. The first-order chi connectivity index (χ1) is 11.7. The molecule has 0 saturated carbocycles. The lowest BCUT2D eigenvalue weighted by Gasteiger charge is -2.34. The molecule has 1 aliphatic heterocycles. The number of hydrogen-bond donors (Lipinski definition) is 1.